The Morgan fingerprint density at radius 1 is 1.10 bits per heavy atom. The molecule has 0 saturated carbocycles. The van der Waals surface area contributed by atoms with E-state index in [1.54, 1.807) is 0 Å². The molecule has 0 amide bonds. The van der Waals surface area contributed by atoms with Crippen molar-refractivity contribution in [1.82, 2.24) is 0 Å². The first-order valence-corrected chi connectivity index (χ1v) is 8.42. The summed E-state index contributed by atoms with van der Waals surface area (Å²) in [6.07, 6.45) is 18.6. The van der Waals surface area contributed by atoms with Gasteiger partial charge in [-0.2, -0.15) is 0 Å². The maximum absolute atomic E-state index is 5.63. The van der Waals surface area contributed by atoms with Gasteiger partial charge in [0.1, 0.15) is 0 Å². The van der Waals surface area contributed by atoms with Crippen LogP contribution in [-0.4, -0.2) is 19.5 Å². The predicted molar refractivity (Wildman–Crippen MR) is 89.0 cm³/mol. The number of hydrogen-bond donors (Lipinski definition) is 0. The molecule has 1 rings (SSSR count). The van der Waals surface area contributed by atoms with Crippen molar-refractivity contribution in [1.29, 1.82) is 0 Å². The first-order valence-electron chi connectivity index (χ1n) is 8.42. The van der Waals surface area contributed by atoms with Gasteiger partial charge in [0.2, 0.25) is 0 Å². The van der Waals surface area contributed by atoms with E-state index in [4.69, 9.17) is 9.47 Å². The summed E-state index contributed by atoms with van der Waals surface area (Å²) in [5, 5.41) is 0. The average molecular weight is 290 g/mol. The fourth-order valence-electron chi connectivity index (χ4n) is 2.12. The molecular weight excluding hydrogens is 260 g/mol. The first-order chi connectivity index (χ1) is 10.4. The summed E-state index contributed by atoms with van der Waals surface area (Å²) in [5.41, 5.74) is 0. The Morgan fingerprint density at radius 3 is 2.76 bits per heavy atom. The molecule has 1 fully saturated rings. The number of ether oxygens (including phenoxy) is 2. The van der Waals surface area contributed by atoms with Crippen molar-refractivity contribution >= 4 is 0 Å². The minimum atomic E-state index is 0.0208. The van der Waals surface area contributed by atoms with Crippen LogP contribution in [0.3, 0.4) is 0 Å². The molecule has 0 aromatic rings. The van der Waals surface area contributed by atoms with E-state index in [0.717, 1.165) is 51.6 Å². The van der Waals surface area contributed by atoms with Gasteiger partial charge >= 0.3 is 0 Å². The maximum atomic E-state index is 5.63. The molecule has 1 unspecified atom stereocenters. The topological polar surface area (TPSA) is 18.5 Å². The second-order valence-corrected chi connectivity index (χ2v) is 5.25. The Kier molecular flexibility index (Phi) is 11.9. The van der Waals surface area contributed by atoms with Crippen molar-refractivity contribution in [3.05, 3.63) is 24.3 Å². The monoisotopic (exact) mass is 290 g/mol. The molecule has 1 saturated heterocycles. The van der Waals surface area contributed by atoms with Crippen LogP contribution in [0.4, 0.5) is 0 Å². The van der Waals surface area contributed by atoms with E-state index in [0.29, 0.717) is 6.61 Å². The second kappa shape index (κ2) is 13.9. The van der Waals surface area contributed by atoms with Crippen LogP contribution in [0.25, 0.3) is 0 Å². The second-order valence-electron chi connectivity index (χ2n) is 5.25. The van der Waals surface area contributed by atoms with Gasteiger partial charge in [-0.25, -0.2) is 0 Å². The molecule has 118 valence electrons. The van der Waals surface area contributed by atoms with Crippen LogP contribution in [-0.2, 0) is 9.47 Å². The van der Waals surface area contributed by atoms with Gasteiger partial charge < -0.3 is 9.47 Å². The molecule has 1 aliphatic rings. The molecule has 0 aliphatic carbocycles. The van der Waals surface area contributed by atoms with Crippen LogP contribution in [0.1, 0.15) is 64.7 Å². The third kappa shape index (κ3) is 11.3. The standard InChI is InChI=1S/C19H30O2/c1-2-3-4-5-6-7-8-9-10-11-12-14-17-20-19-16-13-15-18-21-19/h3-4,6-7,19H,2,5,8-10,13-18H2,1H3. The minimum Gasteiger partial charge on any atom is -0.353 e. The van der Waals surface area contributed by atoms with Gasteiger partial charge in [-0.15, -0.1) is 11.8 Å². The molecular formula is C19H30O2. The van der Waals surface area contributed by atoms with E-state index >= 15 is 0 Å². The summed E-state index contributed by atoms with van der Waals surface area (Å²) >= 11 is 0. The Balaban J connectivity index is 1.88. The number of allylic oxidation sites excluding steroid dienone is 4. The van der Waals surface area contributed by atoms with Gasteiger partial charge in [0.15, 0.2) is 6.29 Å². The van der Waals surface area contributed by atoms with Crippen LogP contribution in [0.5, 0.6) is 0 Å². The van der Waals surface area contributed by atoms with Crippen molar-refractivity contribution in [2.24, 2.45) is 0 Å². The van der Waals surface area contributed by atoms with E-state index in [1.807, 2.05) is 0 Å². The smallest absolute Gasteiger partial charge is 0.157 e. The lowest BCUT2D eigenvalue weighted by molar-refractivity contribution is -0.161. The van der Waals surface area contributed by atoms with Crippen LogP contribution >= 0.6 is 0 Å². The minimum absolute atomic E-state index is 0.0208. The van der Waals surface area contributed by atoms with E-state index in [9.17, 15) is 0 Å². The molecule has 0 radical (unpaired) electrons. The highest BCUT2D eigenvalue weighted by Gasteiger charge is 2.12. The quantitative estimate of drug-likeness (QED) is 0.338. The lowest BCUT2D eigenvalue weighted by atomic mass is 10.2. The third-order valence-electron chi connectivity index (χ3n) is 3.31. The van der Waals surface area contributed by atoms with Crippen molar-refractivity contribution in [3.63, 3.8) is 0 Å². The number of hydrogen-bond acceptors (Lipinski definition) is 2. The van der Waals surface area contributed by atoms with E-state index in [-0.39, 0.29) is 6.29 Å². The molecule has 0 aromatic heterocycles. The lowest BCUT2D eigenvalue weighted by Gasteiger charge is -2.22. The predicted octanol–water partition coefficient (Wildman–Crippen LogP) is 5.01. The SMILES string of the molecule is CCC=CCC=CCCCC#CCCOC1CCCCO1. The lowest BCUT2D eigenvalue weighted by Crippen LogP contribution is -2.22. The Hall–Kier alpha value is -1.04. The van der Waals surface area contributed by atoms with Gasteiger partial charge in [0.25, 0.3) is 0 Å². The molecule has 21 heavy (non-hydrogen) atoms. The van der Waals surface area contributed by atoms with E-state index < -0.39 is 0 Å². The Labute approximate surface area is 130 Å². The van der Waals surface area contributed by atoms with Gasteiger partial charge in [-0.1, -0.05) is 31.2 Å². The van der Waals surface area contributed by atoms with E-state index in [2.05, 4.69) is 43.1 Å². The summed E-state index contributed by atoms with van der Waals surface area (Å²) in [4.78, 5) is 0. The van der Waals surface area contributed by atoms with Crippen molar-refractivity contribution < 1.29 is 9.47 Å². The molecule has 1 atom stereocenters. The van der Waals surface area contributed by atoms with Gasteiger partial charge in [-0.05, 0) is 44.9 Å². The largest absolute Gasteiger partial charge is 0.353 e. The first kappa shape index (κ1) is 18.0. The third-order valence-corrected chi connectivity index (χ3v) is 3.31. The Bertz CT molecular complexity index is 340. The zero-order chi connectivity index (χ0) is 15.0. The number of unbranched alkanes of at least 4 members (excludes halogenated alkanes) is 2. The molecule has 0 bridgehead atoms. The highest BCUT2D eigenvalue weighted by molar-refractivity contribution is 4.99. The number of rotatable bonds is 9. The normalized spacial score (nSPS) is 19.0. The van der Waals surface area contributed by atoms with E-state index in [1.165, 1.54) is 12.8 Å². The van der Waals surface area contributed by atoms with Crippen molar-refractivity contribution in [2.45, 2.75) is 71.0 Å². The highest BCUT2D eigenvalue weighted by Crippen LogP contribution is 2.13. The molecule has 1 aliphatic heterocycles. The fourth-order valence-corrected chi connectivity index (χ4v) is 2.12. The molecule has 0 aromatic carbocycles. The van der Waals surface area contributed by atoms with Gasteiger partial charge in [0.05, 0.1) is 6.61 Å². The van der Waals surface area contributed by atoms with Crippen LogP contribution in [0, 0.1) is 11.8 Å². The summed E-state index contributed by atoms with van der Waals surface area (Å²) < 4.78 is 11.1. The molecule has 0 spiro atoms. The fraction of sp³-hybridized carbons (Fsp3) is 0.684. The van der Waals surface area contributed by atoms with Gasteiger partial charge in [-0.3, -0.25) is 0 Å². The Morgan fingerprint density at radius 2 is 1.95 bits per heavy atom. The van der Waals surface area contributed by atoms with Crippen molar-refractivity contribution in [2.75, 3.05) is 13.2 Å². The molecule has 0 N–H and O–H groups in total. The van der Waals surface area contributed by atoms with Crippen LogP contribution < -0.4 is 0 Å². The molecule has 1 heterocycles. The van der Waals surface area contributed by atoms with Crippen LogP contribution in [0.15, 0.2) is 24.3 Å². The van der Waals surface area contributed by atoms with Crippen LogP contribution in [0.2, 0.25) is 0 Å². The van der Waals surface area contributed by atoms with Crippen molar-refractivity contribution in [3.8, 4) is 11.8 Å². The zero-order valence-electron chi connectivity index (χ0n) is 13.5. The average Bonchev–Trinajstić information content (AvgIpc) is 2.53. The van der Waals surface area contributed by atoms with Gasteiger partial charge in [0, 0.05) is 19.4 Å². The summed E-state index contributed by atoms with van der Waals surface area (Å²) in [6.45, 7) is 3.70. The zero-order valence-corrected chi connectivity index (χ0v) is 13.5. The highest BCUT2D eigenvalue weighted by atomic mass is 16.7. The molecule has 2 nitrogen and oxygen atoms in total. The summed E-state index contributed by atoms with van der Waals surface area (Å²) in [5.74, 6) is 6.39. The summed E-state index contributed by atoms with van der Waals surface area (Å²) in [6, 6.07) is 0. The molecule has 2 heteroatoms. The maximum Gasteiger partial charge on any atom is 0.157 e. The summed E-state index contributed by atoms with van der Waals surface area (Å²) in [7, 11) is 0.